The summed E-state index contributed by atoms with van der Waals surface area (Å²) >= 11 is 5.82. The number of halogens is 1. The number of hydrogen-bond donors (Lipinski definition) is 2. The van der Waals surface area contributed by atoms with E-state index in [0.29, 0.717) is 18.1 Å². The van der Waals surface area contributed by atoms with Crippen molar-refractivity contribution in [1.29, 1.82) is 0 Å². The summed E-state index contributed by atoms with van der Waals surface area (Å²) in [6.45, 7) is 0.555. The highest BCUT2D eigenvalue weighted by Gasteiger charge is 2.35. The van der Waals surface area contributed by atoms with Gasteiger partial charge in [-0.05, 0) is 29.8 Å². The summed E-state index contributed by atoms with van der Waals surface area (Å²) in [6, 6.07) is 16.4. The largest absolute Gasteiger partial charge is 0.350 e. The van der Waals surface area contributed by atoms with Gasteiger partial charge in [0, 0.05) is 30.2 Å². The molecule has 0 spiro atoms. The third kappa shape index (κ3) is 5.08. The fraction of sp³-hybridized carbons (Fsp3) is 0.250. The Balaban J connectivity index is 1.44. The molecule has 0 bridgehead atoms. The van der Waals surface area contributed by atoms with Crippen molar-refractivity contribution in [3.63, 3.8) is 0 Å². The van der Waals surface area contributed by atoms with Gasteiger partial charge < -0.3 is 15.5 Å². The number of amides is 3. The molecule has 3 rings (SSSR count). The Morgan fingerprint density at radius 1 is 1.04 bits per heavy atom. The maximum Gasteiger partial charge on any atom is 0.239 e. The molecule has 1 unspecified atom stereocenters. The van der Waals surface area contributed by atoms with Crippen molar-refractivity contribution >= 4 is 35.0 Å². The van der Waals surface area contributed by atoms with Crippen LogP contribution in [0.15, 0.2) is 54.6 Å². The molecule has 7 heteroatoms. The van der Waals surface area contributed by atoms with Gasteiger partial charge >= 0.3 is 0 Å². The van der Waals surface area contributed by atoms with Crippen LogP contribution < -0.4 is 15.5 Å². The minimum Gasteiger partial charge on any atom is -0.350 e. The predicted molar refractivity (Wildman–Crippen MR) is 103 cm³/mol. The Bertz CT molecular complexity index is 824. The van der Waals surface area contributed by atoms with Crippen LogP contribution in [0.3, 0.4) is 0 Å². The molecular weight excluding hydrogens is 366 g/mol. The SMILES string of the molecule is O=C(CNC(=O)C1CC(=O)N(c2ccccc2)C1)NCc1ccc(Cl)cc1. The number of carbonyl (C=O) groups is 3. The van der Waals surface area contributed by atoms with E-state index < -0.39 is 5.92 Å². The van der Waals surface area contributed by atoms with Crippen molar-refractivity contribution in [3.8, 4) is 0 Å². The first-order valence-electron chi connectivity index (χ1n) is 8.67. The van der Waals surface area contributed by atoms with Crippen molar-refractivity contribution in [2.45, 2.75) is 13.0 Å². The van der Waals surface area contributed by atoms with Crippen molar-refractivity contribution in [3.05, 3.63) is 65.2 Å². The standard InChI is InChI=1S/C20H20ClN3O3/c21-16-8-6-14(7-9-16)11-22-18(25)12-23-20(27)15-10-19(26)24(13-15)17-4-2-1-3-5-17/h1-9,15H,10-13H2,(H,22,25)(H,23,27). The van der Waals surface area contributed by atoms with E-state index in [1.807, 2.05) is 42.5 Å². The van der Waals surface area contributed by atoms with E-state index in [1.54, 1.807) is 17.0 Å². The van der Waals surface area contributed by atoms with Gasteiger partial charge in [0.2, 0.25) is 17.7 Å². The van der Waals surface area contributed by atoms with Gasteiger partial charge in [0.1, 0.15) is 0 Å². The number of anilines is 1. The molecule has 1 atom stereocenters. The zero-order chi connectivity index (χ0) is 19.2. The van der Waals surface area contributed by atoms with Crippen molar-refractivity contribution in [2.24, 2.45) is 5.92 Å². The van der Waals surface area contributed by atoms with Gasteiger partial charge in [-0.25, -0.2) is 0 Å². The summed E-state index contributed by atoms with van der Waals surface area (Å²) in [5, 5.41) is 5.98. The fourth-order valence-electron chi connectivity index (χ4n) is 2.92. The van der Waals surface area contributed by atoms with Crippen molar-refractivity contribution in [1.82, 2.24) is 10.6 Å². The summed E-state index contributed by atoms with van der Waals surface area (Å²) in [4.78, 5) is 38.0. The Kier molecular flexibility index (Phi) is 6.08. The molecule has 27 heavy (non-hydrogen) atoms. The Hall–Kier alpha value is -2.86. The summed E-state index contributed by atoms with van der Waals surface area (Å²) < 4.78 is 0. The van der Waals surface area contributed by atoms with E-state index in [4.69, 9.17) is 11.6 Å². The lowest BCUT2D eigenvalue weighted by Gasteiger charge is -2.16. The summed E-state index contributed by atoms with van der Waals surface area (Å²) in [7, 11) is 0. The minimum absolute atomic E-state index is 0.0893. The van der Waals surface area contributed by atoms with Gasteiger partial charge in [-0.3, -0.25) is 14.4 Å². The molecule has 6 nitrogen and oxygen atoms in total. The molecule has 140 valence electrons. The zero-order valence-electron chi connectivity index (χ0n) is 14.7. The Morgan fingerprint density at radius 2 is 1.74 bits per heavy atom. The first-order valence-corrected chi connectivity index (χ1v) is 9.05. The summed E-state index contributed by atoms with van der Waals surface area (Å²) in [5.41, 5.74) is 1.69. The molecule has 3 amide bonds. The summed E-state index contributed by atoms with van der Waals surface area (Å²) in [6.07, 6.45) is 0.146. The fourth-order valence-corrected chi connectivity index (χ4v) is 3.04. The average molecular weight is 386 g/mol. The van der Waals surface area contributed by atoms with Crippen LogP contribution in [0.25, 0.3) is 0 Å². The van der Waals surface area contributed by atoms with E-state index in [9.17, 15) is 14.4 Å². The van der Waals surface area contributed by atoms with Crippen LogP contribution in [-0.4, -0.2) is 30.8 Å². The Morgan fingerprint density at radius 3 is 2.44 bits per heavy atom. The van der Waals surface area contributed by atoms with Gasteiger partial charge in [0.25, 0.3) is 0 Å². The van der Waals surface area contributed by atoms with Gasteiger partial charge in [-0.1, -0.05) is 41.9 Å². The van der Waals surface area contributed by atoms with Crippen LogP contribution in [0, 0.1) is 5.92 Å². The first kappa shape index (κ1) is 18.9. The van der Waals surface area contributed by atoms with Gasteiger partial charge in [-0.15, -0.1) is 0 Å². The van der Waals surface area contributed by atoms with Crippen molar-refractivity contribution in [2.75, 3.05) is 18.0 Å². The number of rotatable bonds is 6. The van der Waals surface area contributed by atoms with E-state index in [0.717, 1.165) is 11.3 Å². The third-order valence-electron chi connectivity index (χ3n) is 4.39. The lowest BCUT2D eigenvalue weighted by molar-refractivity contribution is -0.129. The molecule has 1 saturated heterocycles. The highest BCUT2D eigenvalue weighted by atomic mass is 35.5. The second-order valence-electron chi connectivity index (χ2n) is 6.36. The predicted octanol–water partition coefficient (Wildman–Crippen LogP) is 2.13. The van der Waals surface area contributed by atoms with Crippen LogP contribution >= 0.6 is 11.6 Å². The van der Waals surface area contributed by atoms with Crippen LogP contribution in [0.5, 0.6) is 0 Å². The lowest BCUT2D eigenvalue weighted by atomic mass is 10.1. The average Bonchev–Trinajstić information content (AvgIpc) is 3.08. The van der Waals surface area contributed by atoms with Crippen molar-refractivity contribution < 1.29 is 14.4 Å². The second-order valence-corrected chi connectivity index (χ2v) is 6.80. The highest BCUT2D eigenvalue weighted by Crippen LogP contribution is 2.24. The molecule has 1 aliphatic rings. The number of nitrogens with one attached hydrogen (secondary N) is 2. The smallest absolute Gasteiger partial charge is 0.239 e. The number of nitrogens with zero attached hydrogens (tertiary/aromatic N) is 1. The lowest BCUT2D eigenvalue weighted by Crippen LogP contribution is -2.40. The van der Waals surface area contributed by atoms with E-state index in [2.05, 4.69) is 10.6 Å². The second kappa shape index (κ2) is 8.68. The highest BCUT2D eigenvalue weighted by molar-refractivity contribution is 6.30. The van der Waals surface area contributed by atoms with E-state index in [-0.39, 0.29) is 30.7 Å². The molecule has 2 aromatic rings. The molecule has 0 radical (unpaired) electrons. The number of carbonyl (C=O) groups excluding carboxylic acids is 3. The molecule has 0 aromatic heterocycles. The number of hydrogen-bond acceptors (Lipinski definition) is 3. The van der Waals surface area contributed by atoms with E-state index in [1.165, 1.54) is 0 Å². The van der Waals surface area contributed by atoms with Crippen LogP contribution in [0.2, 0.25) is 5.02 Å². The molecule has 0 aliphatic carbocycles. The molecule has 1 fully saturated rings. The quantitative estimate of drug-likeness (QED) is 0.799. The Labute approximate surface area is 162 Å². The van der Waals surface area contributed by atoms with Gasteiger partial charge in [-0.2, -0.15) is 0 Å². The maximum atomic E-state index is 12.3. The molecular formula is C20H20ClN3O3. The maximum absolute atomic E-state index is 12.3. The van der Waals surface area contributed by atoms with Gasteiger partial charge in [0.05, 0.1) is 12.5 Å². The van der Waals surface area contributed by atoms with E-state index >= 15 is 0 Å². The zero-order valence-corrected chi connectivity index (χ0v) is 15.4. The number of benzene rings is 2. The third-order valence-corrected chi connectivity index (χ3v) is 4.64. The molecule has 2 N–H and O–H groups in total. The normalized spacial score (nSPS) is 16.3. The monoisotopic (exact) mass is 385 g/mol. The molecule has 1 aliphatic heterocycles. The minimum atomic E-state index is -0.457. The van der Waals surface area contributed by atoms with Crippen LogP contribution in [-0.2, 0) is 20.9 Å². The topological polar surface area (TPSA) is 78.5 Å². The molecule has 0 saturated carbocycles. The van der Waals surface area contributed by atoms with Crippen LogP contribution in [0.4, 0.5) is 5.69 Å². The first-order chi connectivity index (χ1) is 13.0. The molecule has 2 aromatic carbocycles. The summed E-state index contributed by atoms with van der Waals surface area (Å²) in [5.74, 6) is -1.12. The number of para-hydroxylation sites is 1. The van der Waals surface area contributed by atoms with Crippen LogP contribution in [0.1, 0.15) is 12.0 Å². The molecule has 1 heterocycles. The van der Waals surface area contributed by atoms with Gasteiger partial charge in [0.15, 0.2) is 0 Å².